The van der Waals surface area contributed by atoms with Gasteiger partial charge in [0.25, 0.3) is 0 Å². The summed E-state index contributed by atoms with van der Waals surface area (Å²) < 4.78 is 0. The Balaban J connectivity index is 0. The van der Waals surface area contributed by atoms with E-state index in [4.69, 9.17) is 10.3 Å². The van der Waals surface area contributed by atoms with Gasteiger partial charge < -0.3 is 20.2 Å². The molecule has 1 unspecified atom stereocenters. The average Bonchev–Trinajstić information content (AvgIpc) is 2.59. The van der Waals surface area contributed by atoms with E-state index in [2.05, 4.69) is 58.6 Å². The number of para-hydroxylation sites is 1. The summed E-state index contributed by atoms with van der Waals surface area (Å²) in [5.41, 5.74) is 6.23. The number of rotatable bonds is 8. The van der Waals surface area contributed by atoms with Gasteiger partial charge in [0, 0.05) is 38.1 Å². The summed E-state index contributed by atoms with van der Waals surface area (Å²) in [7, 11) is 1.03. The van der Waals surface area contributed by atoms with Crippen LogP contribution in [0, 0.1) is 14.9 Å². The topological polar surface area (TPSA) is 26.5 Å². The van der Waals surface area contributed by atoms with Crippen LogP contribution in [0.15, 0.2) is 35.0 Å². The average molecular weight is 566 g/mol. The van der Waals surface area contributed by atoms with Gasteiger partial charge in [0.2, 0.25) is 0 Å². The van der Waals surface area contributed by atoms with E-state index in [1.807, 2.05) is 0 Å². The van der Waals surface area contributed by atoms with Gasteiger partial charge in [0.15, 0.2) is 0 Å². The van der Waals surface area contributed by atoms with Gasteiger partial charge in [-0.05, 0) is 50.3 Å². The van der Waals surface area contributed by atoms with Crippen LogP contribution >= 0.6 is 8.58 Å². The SMILES string of the molecule is CPCCCN=C1CCCC=C1[N-]c1c(C(C)C)cccc1C(C)C.[CH3-].[CH3-].[Hf]. The van der Waals surface area contributed by atoms with Crippen molar-refractivity contribution in [2.75, 3.05) is 19.4 Å². The van der Waals surface area contributed by atoms with Gasteiger partial charge in [-0.3, -0.25) is 4.99 Å². The van der Waals surface area contributed by atoms with Gasteiger partial charge in [-0.15, -0.1) is 20.0 Å². The van der Waals surface area contributed by atoms with Crippen LogP contribution in [0.3, 0.4) is 0 Å². The first-order valence-electron chi connectivity index (χ1n) is 9.77. The van der Waals surface area contributed by atoms with E-state index >= 15 is 0 Å². The standard InChI is InChI=1S/C22H34N2P.2CH3.Hf/c1-16(2)18-10-8-11-19(17(3)4)22(18)24-21-13-7-6-12-20(21)23-14-9-15-25-5;;;/h8,10-11,13,16-17,25H,6-7,9,12,14-15H2,1-5H3;2*1H3;/q3*-1;. The van der Waals surface area contributed by atoms with Crippen molar-refractivity contribution < 1.29 is 25.8 Å². The molecule has 1 aliphatic rings. The molecule has 0 spiro atoms. The molecule has 158 valence electrons. The number of hydrogen-bond donors (Lipinski definition) is 0. The van der Waals surface area contributed by atoms with E-state index in [9.17, 15) is 0 Å². The second-order valence-electron chi connectivity index (χ2n) is 7.47. The molecule has 0 fully saturated rings. The fourth-order valence-corrected chi connectivity index (χ4v) is 3.77. The minimum absolute atomic E-state index is 0. The quantitative estimate of drug-likeness (QED) is 0.132. The summed E-state index contributed by atoms with van der Waals surface area (Å²) in [6.45, 7) is 12.3. The van der Waals surface area contributed by atoms with Crippen LogP contribution in [-0.4, -0.2) is 25.1 Å². The molecule has 0 aromatic heterocycles. The predicted octanol–water partition coefficient (Wildman–Crippen LogP) is 8.04. The summed E-state index contributed by atoms with van der Waals surface area (Å²) in [4.78, 5) is 4.91. The third kappa shape index (κ3) is 8.62. The van der Waals surface area contributed by atoms with Crippen LogP contribution in [0.2, 0.25) is 0 Å². The fourth-order valence-electron chi connectivity index (χ4n) is 3.26. The maximum atomic E-state index is 5.17. The molecule has 0 bridgehead atoms. The van der Waals surface area contributed by atoms with E-state index in [0.717, 1.165) is 33.7 Å². The second-order valence-corrected chi connectivity index (χ2v) is 8.68. The molecular weight excluding hydrogens is 526 g/mol. The molecule has 2 rings (SSSR count). The molecule has 0 aliphatic heterocycles. The minimum atomic E-state index is 0. The van der Waals surface area contributed by atoms with Crippen molar-refractivity contribution in [2.45, 2.75) is 65.2 Å². The number of nitrogens with zero attached hydrogens (tertiary/aromatic N) is 2. The first kappa shape index (κ1) is 29.9. The van der Waals surface area contributed by atoms with Crippen LogP contribution in [0.5, 0.6) is 0 Å². The normalized spacial score (nSPS) is 15.2. The Hall–Kier alpha value is -0.270. The Bertz CT molecular complexity index is 595. The maximum absolute atomic E-state index is 5.17. The summed E-state index contributed by atoms with van der Waals surface area (Å²) in [6, 6.07) is 6.65. The molecule has 4 heteroatoms. The molecule has 0 amide bonds. The summed E-state index contributed by atoms with van der Waals surface area (Å²) in [6.07, 6.45) is 8.19. The summed E-state index contributed by atoms with van der Waals surface area (Å²) >= 11 is 0. The van der Waals surface area contributed by atoms with Gasteiger partial charge in [-0.1, -0.05) is 63.1 Å². The van der Waals surface area contributed by atoms with E-state index in [1.165, 1.54) is 41.5 Å². The number of allylic oxidation sites excluding steroid dienone is 2. The smallest absolute Gasteiger partial charge is 0.0395 e. The zero-order chi connectivity index (χ0) is 18.2. The van der Waals surface area contributed by atoms with E-state index in [0.29, 0.717) is 11.8 Å². The van der Waals surface area contributed by atoms with Crippen molar-refractivity contribution in [2.24, 2.45) is 4.99 Å². The molecule has 0 N–H and O–H groups in total. The third-order valence-corrected chi connectivity index (χ3v) is 5.57. The van der Waals surface area contributed by atoms with Crippen LogP contribution in [0.4, 0.5) is 5.69 Å². The van der Waals surface area contributed by atoms with E-state index in [1.54, 1.807) is 0 Å². The Morgan fingerprint density at radius 2 is 1.68 bits per heavy atom. The van der Waals surface area contributed by atoms with Gasteiger partial charge in [-0.2, -0.15) is 0 Å². The molecule has 1 aromatic carbocycles. The van der Waals surface area contributed by atoms with Crippen LogP contribution < -0.4 is 0 Å². The van der Waals surface area contributed by atoms with E-state index < -0.39 is 0 Å². The molecule has 2 nitrogen and oxygen atoms in total. The zero-order valence-electron chi connectivity index (χ0n) is 19.1. The van der Waals surface area contributed by atoms with Gasteiger partial charge in [0.05, 0.1) is 0 Å². The minimum Gasteiger partial charge on any atom is -0.656 e. The Morgan fingerprint density at radius 3 is 2.21 bits per heavy atom. The molecule has 1 atom stereocenters. The van der Waals surface area contributed by atoms with Crippen molar-refractivity contribution in [3.05, 3.63) is 61.3 Å². The monoisotopic (exact) mass is 567 g/mol. The van der Waals surface area contributed by atoms with Crippen molar-refractivity contribution in [3.8, 4) is 0 Å². The van der Waals surface area contributed by atoms with Crippen molar-refractivity contribution >= 4 is 20.0 Å². The number of hydrogen-bond acceptors (Lipinski definition) is 1. The third-order valence-electron chi connectivity index (χ3n) is 4.71. The largest absolute Gasteiger partial charge is 0.656 e. The molecule has 0 heterocycles. The maximum Gasteiger partial charge on any atom is 0.0395 e. The summed E-state index contributed by atoms with van der Waals surface area (Å²) in [5, 5.41) is 5.17. The molecule has 0 saturated carbocycles. The molecule has 0 radical (unpaired) electrons. The predicted molar refractivity (Wildman–Crippen MR) is 128 cm³/mol. The van der Waals surface area contributed by atoms with Gasteiger partial charge in [-0.25, -0.2) is 0 Å². The second kappa shape index (κ2) is 15.6. The Kier molecular flexibility index (Phi) is 16.6. The van der Waals surface area contributed by atoms with Gasteiger partial charge >= 0.3 is 0 Å². The van der Waals surface area contributed by atoms with E-state index in [-0.39, 0.29) is 40.7 Å². The number of aliphatic imine (C=N–C) groups is 1. The molecular formula is C24H40HfN2P-3. The molecule has 1 aliphatic carbocycles. The van der Waals surface area contributed by atoms with Crippen LogP contribution in [0.25, 0.3) is 5.32 Å². The van der Waals surface area contributed by atoms with Crippen LogP contribution in [-0.2, 0) is 25.8 Å². The first-order chi connectivity index (χ1) is 12.0. The first-order valence-corrected chi connectivity index (χ1v) is 11.5. The van der Waals surface area contributed by atoms with Crippen molar-refractivity contribution in [1.82, 2.24) is 0 Å². The zero-order valence-corrected chi connectivity index (χ0v) is 23.7. The Morgan fingerprint density at radius 1 is 1.07 bits per heavy atom. The van der Waals surface area contributed by atoms with Crippen molar-refractivity contribution in [1.29, 1.82) is 0 Å². The Labute approximate surface area is 196 Å². The van der Waals surface area contributed by atoms with Crippen LogP contribution in [0.1, 0.15) is 76.3 Å². The molecule has 28 heavy (non-hydrogen) atoms. The number of benzene rings is 1. The van der Waals surface area contributed by atoms with Crippen molar-refractivity contribution in [3.63, 3.8) is 0 Å². The molecule has 1 aromatic rings. The fraction of sp³-hybridized carbons (Fsp3) is 0.542. The molecule has 0 saturated heterocycles. The summed E-state index contributed by atoms with van der Waals surface area (Å²) in [5.74, 6) is 0.958. The van der Waals surface area contributed by atoms with Gasteiger partial charge in [0.1, 0.15) is 0 Å².